The van der Waals surface area contributed by atoms with Crippen LogP contribution < -0.4 is 0 Å². The molecular weight excluding hydrogens is 120 g/mol. The van der Waals surface area contributed by atoms with E-state index in [1.807, 2.05) is 13.3 Å². The maximum atomic E-state index is 3.03. The topological polar surface area (TPSA) is 0 Å². The van der Waals surface area contributed by atoms with Crippen molar-refractivity contribution < 1.29 is 0 Å². The van der Waals surface area contributed by atoms with E-state index in [1.165, 1.54) is 0 Å². The van der Waals surface area contributed by atoms with Gasteiger partial charge in [-0.1, -0.05) is 31.6 Å². The Hall–Kier alpha value is -0.880. The molecule has 0 aromatic heterocycles. The van der Waals surface area contributed by atoms with Gasteiger partial charge in [0, 0.05) is 12.8 Å². The highest BCUT2D eigenvalue weighted by Crippen LogP contribution is 1.81. The van der Waals surface area contributed by atoms with Crippen LogP contribution in [0.1, 0.15) is 33.1 Å². The Morgan fingerprint density at radius 1 is 1.20 bits per heavy atom. The average molecular weight is 133 g/mol. The summed E-state index contributed by atoms with van der Waals surface area (Å²) in [7, 11) is 0. The normalized spacial score (nSPS) is 7.00. The van der Waals surface area contributed by atoms with Crippen LogP contribution in [0, 0.1) is 30.1 Å². The van der Waals surface area contributed by atoms with Gasteiger partial charge in [-0.2, -0.15) is 0 Å². The van der Waals surface area contributed by atoms with Crippen molar-refractivity contribution >= 4 is 0 Å². The van der Waals surface area contributed by atoms with Gasteiger partial charge < -0.3 is 0 Å². The van der Waals surface area contributed by atoms with Crippen LogP contribution in [0.25, 0.3) is 0 Å². The van der Waals surface area contributed by atoms with Gasteiger partial charge in [0.1, 0.15) is 0 Å². The van der Waals surface area contributed by atoms with Crippen LogP contribution in [-0.2, 0) is 0 Å². The Bertz CT molecular complexity index is 168. The monoisotopic (exact) mass is 133 g/mol. The van der Waals surface area contributed by atoms with Crippen molar-refractivity contribution in [1.82, 2.24) is 0 Å². The zero-order valence-electron chi connectivity index (χ0n) is 6.70. The molecule has 1 radical (unpaired) electrons. The second-order valence-electron chi connectivity index (χ2n) is 1.89. The largest absolute Gasteiger partial charge is 0.102 e. The van der Waals surface area contributed by atoms with E-state index in [1.54, 1.807) is 0 Å². The first kappa shape index (κ1) is 9.12. The van der Waals surface area contributed by atoms with E-state index in [-0.39, 0.29) is 0 Å². The Kier molecular flexibility index (Phi) is 7.41. The third-order valence-corrected chi connectivity index (χ3v) is 0.923. The minimum Gasteiger partial charge on any atom is -0.102 e. The lowest BCUT2D eigenvalue weighted by molar-refractivity contribution is 0.982. The maximum absolute atomic E-state index is 3.03. The van der Waals surface area contributed by atoms with Crippen molar-refractivity contribution in [1.29, 1.82) is 0 Å². The van der Waals surface area contributed by atoms with Crippen LogP contribution >= 0.6 is 0 Å². The molecule has 0 aromatic carbocycles. The third-order valence-electron chi connectivity index (χ3n) is 0.923. The van der Waals surface area contributed by atoms with E-state index in [0.29, 0.717) is 6.42 Å². The fraction of sp³-hybridized carbons (Fsp3) is 0.500. The number of unbranched alkanes of at least 4 members (excludes halogenated alkanes) is 1. The quantitative estimate of drug-likeness (QED) is 0.482. The van der Waals surface area contributed by atoms with Crippen LogP contribution in [0.4, 0.5) is 0 Å². The summed E-state index contributed by atoms with van der Waals surface area (Å²) in [6.45, 7) is 4.05. The smallest absolute Gasteiger partial charge is 0.0702 e. The molecule has 0 aliphatic carbocycles. The molecule has 0 unspecified atom stereocenters. The molecule has 0 aliphatic heterocycles. The van der Waals surface area contributed by atoms with E-state index in [4.69, 9.17) is 0 Å². The third kappa shape index (κ3) is 7.12. The molecule has 0 saturated heterocycles. The Morgan fingerprint density at radius 2 is 2.00 bits per heavy atom. The van der Waals surface area contributed by atoms with Gasteiger partial charge in [-0.3, -0.25) is 0 Å². The summed E-state index contributed by atoms with van der Waals surface area (Å²) < 4.78 is 0. The number of hydrogen-bond acceptors (Lipinski definition) is 0. The molecule has 0 heterocycles. The Labute approximate surface area is 64.0 Å². The fourth-order valence-corrected chi connectivity index (χ4v) is 0.473. The van der Waals surface area contributed by atoms with Gasteiger partial charge >= 0.3 is 0 Å². The lowest BCUT2D eigenvalue weighted by Crippen LogP contribution is -1.63. The van der Waals surface area contributed by atoms with Crippen molar-refractivity contribution in [3.8, 4) is 23.7 Å². The van der Waals surface area contributed by atoms with Gasteiger partial charge in [0.25, 0.3) is 0 Å². The summed E-state index contributed by atoms with van der Waals surface area (Å²) in [6.07, 6.45) is 4.68. The second kappa shape index (κ2) is 8.12. The van der Waals surface area contributed by atoms with Gasteiger partial charge in [-0.05, 0) is 6.42 Å². The molecule has 10 heavy (non-hydrogen) atoms. The lowest BCUT2D eigenvalue weighted by Gasteiger charge is -1.75. The second-order valence-corrected chi connectivity index (χ2v) is 1.89. The number of hydrogen-bond donors (Lipinski definition) is 0. The predicted octanol–water partition coefficient (Wildman–Crippen LogP) is 2.41. The van der Waals surface area contributed by atoms with E-state index in [2.05, 4.69) is 30.6 Å². The average Bonchev–Trinajstić information content (AvgIpc) is 1.97. The number of rotatable bonds is 1. The van der Waals surface area contributed by atoms with Crippen LogP contribution in [0.15, 0.2) is 0 Å². The van der Waals surface area contributed by atoms with E-state index >= 15 is 0 Å². The fourth-order valence-electron chi connectivity index (χ4n) is 0.473. The van der Waals surface area contributed by atoms with Crippen LogP contribution in [0.2, 0.25) is 0 Å². The first-order valence-electron chi connectivity index (χ1n) is 3.63. The molecular formula is C10H13. The van der Waals surface area contributed by atoms with Crippen LogP contribution in [0.3, 0.4) is 0 Å². The van der Waals surface area contributed by atoms with Gasteiger partial charge in [-0.25, -0.2) is 0 Å². The van der Waals surface area contributed by atoms with Crippen LogP contribution in [0.5, 0.6) is 0 Å². The lowest BCUT2D eigenvalue weighted by atomic mass is 10.3. The molecule has 0 aliphatic rings. The summed E-state index contributed by atoms with van der Waals surface area (Å²) in [5, 5.41) is 0. The summed E-state index contributed by atoms with van der Waals surface area (Å²) in [6, 6.07) is 0. The molecule has 0 nitrogen and oxygen atoms in total. The first-order chi connectivity index (χ1) is 4.91. The molecule has 0 amide bonds. The molecule has 0 saturated carbocycles. The van der Waals surface area contributed by atoms with E-state index < -0.39 is 0 Å². The molecule has 0 aromatic rings. The predicted molar refractivity (Wildman–Crippen MR) is 45.1 cm³/mol. The summed E-state index contributed by atoms with van der Waals surface area (Å²) in [4.78, 5) is 0. The standard InChI is InChI=1S/C10H13/c1-3-5-7-9-10-8-6-4-2/h3H,4,6,9H2,1-2H3. The van der Waals surface area contributed by atoms with Crippen molar-refractivity contribution in [3.63, 3.8) is 0 Å². The van der Waals surface area contributed by atoms with Gasteiger partial charge in [0.2, 0.25) is 0 Å². The van der Waals surface area contributed by atoms with Crippen molar-refractivity contribution in [2.24, 2.45) is 0 Å². The molecule has 0 fully saturated rings. The van der Waals surface area contributed by atoms with Gasteiger partial charge in [-0.15, -0.1) is 5.92 Å². The summed E-state index contributed by atoms with van der Waals surface area (Å²) in [5.74, 6) is 11.8. The SMILES string of the molecule is C[CH]C#CCC#CCCC. The van der Waals surface area contributed by atoms with Crippen molar-refractivity contribution in [2.45, 2.75) is 33.1 Å². The molecule has 0 N–H and O–H groups in total. The molecule has 0 spiro atoms. The Morgan fingerprint density at radius 3 is 2.60 bits per heavy atom. The highest BCUT2D eigenvalue weighted by molar-refractivity contribution is 5.15. The molecule has 0 atom stereocenters. The zero-order valence-corrected chi connectivity index (χ0v) is 6.70. The summed E-state index contributed by atoms with van der Waals surface area (Å²) >= 11 is 0. The molecule has 0 heteroatoms. The minimum absolute atomic E-state index is 0.713. The van der Waals surface area contributed by atoms with Gasteiger partial charge in [0.15, 0.2) is 0 Å². The molecule has 53 valence electrons. The van der Waals surface area contributed by atoms with Crippen LogP contribution in [-0.4, -0.2) is 0 Å². The minimum atomic E-state index is 0.713. The summed E-state index contributed by atoms with van der Waals surface area (Å²) in [5.41, 5.74) is 0. The highest BCUT2D eigenvalue weighted by atomic mass is 13.7. The maximum Gasteiger partial charge on any atom is 0.0702 e. The Balaban J connectivity index is 3.28. The highest BCUT2D eigenvalue weighted by Gasteiger charge is 1.68. The van der Waals surface area contributed by atoms with Gasteiger partial charge in [0.05, 0.1) is 6.42 Å². The zero-order chi connectivity index (χ0) is 7.66. The van der Waals surface area contributed by atoms with E-state index in [0.717, 1.165) is 12.8 Å². The van der Waals surface area contributed by atoms with E-state index in [9.17, 15) is 0 Å². The molecule has 0 rings (SSSR count). The van der Waals surface area contributed by atoms with Crippen molar-refractivity contribution in [3.05, 3.63) is 6.42 Å². The molecule has 0 bridgehead atoms. The van der Waals surface area contributed by atoms with Crippen molar-refractivity contribution in [2.75, 3.05) is 0 Å². The first-order valence-corrected chi connectivity index (χ1v) is 3.63.